The molecule has 0 spiro atoms. The van der Waals surface area contributed by atoms with Crippen molar-refractivity contribution in [1.29, 1.82) is 0 Å². The minimum absolute atomic E-state index is 0.435. The molecule has 0 atom stereocenters. The Morgan fingerprint density at radius 1 is 0.500 bits per heavy atom. The molecule has 0 aromatic heterocycles. The molecule has 0 amide bonds. The normalized spacial score (nSPS) is 27.8. The molecule has 144 valence electrons. The zero-order chi connectivity index (χ0) is 18.4. The van der Waals surface area contributed by atoms with E-state index in [0.717, 1.165) is 0 Å². The van der Waals surface area contributed by atoms with Crippen molar-refractivity contribution in [2.45, 2.75) is 18.9 Å². The first-order valence-electron chi connectivity index (χ1n) is 7.46. The highest BCUT2D eigenvalue weighted by atomic mass is 16.3. The lowest BCUT2D eigenvalue weighted by atomic mass is 10.3. The van der Waals surface area contributed by atoms with Crippen molar-refractivity contribution >= 4 is 0 Å². The lowest BCUT2D eigenvalue weighted by Crippen LogP contribution is -2.78. The second-order valence-electron chi connectivity index (χ2n) is 5.65. The van der Waals surface area contributed by atoms with Crippen LogP contribution < -0.4 is 0 Å². The van der Waals surface area contributed by atoms with Crippen molar-refractivity contribution < 1.29 is 30.6 Å². The maximum Gasteiger partial charge on any atom is 0.127 e. The van der Waals surface area contributed by atoms with Crippen LogP contribution in [0.15, 0.2) is 0 Å². The average molecular weight is 354 g/mol. The van der Waals surface area contributed by atoms with Crippen LogP contribution in [0.25, 0.3) is 0 Å². The van der Waals surface area contributed by atoms with Gasteiger partial charge in [0.15, 0.2) is 0 Å². The Bertz CT molecular complexity index is 293. The molecular weight excluding hydrogens is 324 g/mol. The highest BCUT2D eigenvalue weighted by molar-refractivity contribution is 4.85. The molecule has 1 fully saturated rings. The number of hydrogen-bond donors (Lipinski definition) is 6. The predicted molar refractivity (Wildman–Crippen MR) is 82.7 cm³/mol. The minimum Gasteiger partial charge on any atom is -0.381 e. The smallest absolute Gasteiger partial charge is 0.127 e. The van der Waals surface area contributed by atoms with E-state index >= 15 is 0 Å². The second-order valence-corrected chi connectivity index (χ2v) is 5.65. The summed E-state index contributed by atoms with van der Waals surface area (Å²) in [7, 11) is 5.12. The maximum absolute atomic E-state index is 9.53. The Kier molecular flexibility index (Phi) is 8.86. The lowest BCUT2D eigenvalue weighted by Gasteiger charge is -2.59. The van der Waals surface area contributed by atoms with Crippen LogP contribution in [0.4, 0.5) is 0 Å². The molecule has 0 aliphatic carbocycles. The Hall–Kier alpha value is -0.480. The van der Waals surface area contributed by atoms with Crippen molar-refractivity contribution in [3.05, 3.63) is 0 Å². The fourth-order valence-electron chi connectivity index (χ4n) is 3.34. The van der Waals surface area contributed by atoms with Crippen LogP contribution >= 0.6 is 0 Å². The van der Waals surface area contributed by atoms with E-state index in [2.05, 4.69) is 0 Å². The van der Waals surface area contributed by atoms with E-state index in [0.29, 0.717) is 0 Å². The molecule has 0 aromatic carbocycles. The van der Waals surface area contributed by atoms with Gasteiger partial charge in [0.25, 0.3) is 0 Å². The van der Waals surface area contributed by atoms with E-state index < -0.39 is 59.3 Å². The SMILES string of the molecule is CN1C(N(CO)CO)N(C)C(N(CO)CO)N(C)C1N(CO)CO. The molecule has 24 heavy (non-hydrogen) atoms. The Balaban J connectivity index is 3.30. The molecule has 0 bridgehead atoms. The number of hydrogen-bond acceptors (Lipinski definition) is 12. The summed E-state index contributed by atoms with van der Waals surface area (Å²) in [6.45, 7) is -2.61. The number of aliphatic hydroxyl groups is 6. The van der Waals surface area contributed by atoms with Gasteiger partial charge in [0.2, 0.25) is 0 Å². The largest absolute Gasteiger partial charge is 0.381 e. The Morgan fingerprint density at radius 2 is 0.667 bits per heavy atom. The third-order valence-corrected chi connectivity index (χ3v) is 4.26. The quantitative estimate of drug-likeness (QED) is 0.221. The molecule has 1 saturated heterocycles. The van der Waals surface area contributed by atoms with Gasteiger partial charge >= 0.3 is 0 Å². The number of rotatable bonds is 9. The topological polar surface area (TPSA) is 141 Å². The van der Waals surface area contributed by atoms with Crippen LogP contribution in [-0.2, 0) is 0 Å². The summed E-state index contributed by atoms with van der Waals surface area (Å²) in [6.07, 6.45) is -1.90. The summed E-state index contributed by atoms with van der Waals surface area (Å²) in [6, 6.07) is 0. The number of nitrogens with zero attached hydrogens (tertiary/aromatic N) is 6. The second kappa shape index (κ2) is 9.86. The molecule has 6 N–H and O–H groups in total. The Morgan fingerprint density at radius 3 is 0.792 bits per heavy atom. The number of aliphatic hydroxyl groups excluding tert-OH is 6. The molecule has 0 aromatic rings. The Labute approximate surface area is 141 Å². The van der Waals surface area contributed by atoms with Crippen LogP contribution in [0.1, 0.15) is 0 Å². The van der Waals surface area contributed by atoms with Crippen LogP contribution in [0, 0.1) is 0 Å². The molecule has 0 radical (unpaired) electrons. The highest BCUT2D eigenvalue weighted by Crippen LogP contribution is 2.27. The van der Waals surface area contributed by atoms with Gasteiger partial charge in [-0.1, -0.05) is 0 Å². The van der Waals surface area contributed by atoms with Crippen molar-refractivity contribution in [1.82, 2.24) is 29.4 Å². The molecule has 12 nitrogen and oxygen atoms in total. The van der Waals surface area contributed by atoms with Crippen molar-refractivity contribution in [2.75, 3.05) is 61.5 Å². The molecular formula is C12H30N6O6. The van der Waals surface area contributed by atoms with Gasteiger partial charge in [0, 0.05) is 0 Å². The summed E-state index contributed by atoms with van der Waals surface area (Å²) in [5.74, 6) is 0. The highest BCUT2D eigenvalue weighted by Gasteiger charge is 2.47. The van der Waals surface area contributed by atoms with Crippen LogP contribution in [0.5, 0.6) is 0 Å². The fraction of sp³-hybridized carbons (Fsp3) is 1.00. The minimum atomic E-state index is -0.632. The summed E-state index contributed by atoms with van der Waals surface area (Å²) in [4.78, 5) is 9.19. The molecule has 12 heteroatoms. The summed E-state index contributed by atoms with van der Waals surface area (Å²) in [5, 5.41) is 57.2. The standard InChI is InChI=1S/C12H30N6O6/c1-13-10(16(4-19)5-20)14(2)12(18(8-23)9-24)15(3)11(13)17(6-21)7-22/h10-12,19-24H,4-9H2,1-3H3. The van der Waals surface area contributed by atoms with Crippen LogP contribution in [0.3, 0.4) is 0 Å². The molecule has 1 aliphatic heterocycles. The summed E-state index contributed by atoms with van der Waals surface area (Å²) < 4.78 is 0. The van der Waals surface area contributed by atoms with E-state index in [1.165, 1.54) is 14.7 Å². The first-order chi connectivity index (χ1) is 11.4. The van der Waals surface area contributed by atoms with Gasteiger partial charge < -0.3 is 30.6 Å². The third kappa shape index (κ3) is 4.01. The monoisotopic (exact) mass is 354 g/mol. The van der Waals surface area contributed by atoms with Crippen LogP contribution in [0.2, 0.25) is 0 Å². The van der Waals surface area contributed by atoms with Gasteiger partial charge in [-0.3, -0.25) is 0 Å². The van der Waals surface area contributed by atoms with E-state index in [1.54, 1.807) is 35.8 Å². The third-order valence-electron chi connectivity index (χ3n) is 4.26. The van der Waals surface area contributed by atoms with Crippen molar-refractivity contribution in [3.8, 4) is 0 Å². The van der Waals surface area contributed by atoms with Gasteiger partial charge in [-0.2, -0.15) is 0 Å². The molecule has 1 aliphatic rings. The predicted octanol–water partition coefficient (Wildman–Crippen LogP) is -4.75. The molecule has 1 rings (SSSR count). The summed E-state index contributed by atoms with van der Waals surface area (Å²) >= 11 is 0. The maximum atomic E-state index is 9.53. The average Bonchev–Trinajstić information content (AvgIpc) is 2.59. The first-order valence-corrected chi connectivity index (χ1v) is 7.46. The lowest BCUT2D eigenvalue weighted by molar-refractivity contribution is -0.299. The van der Waals surface area contributed by atoms with Gasteiger partial charge in [-0.15, -0.1) is 0 Å². The van der Waals surface area contributed by atoms with E-state index in [4.69, 9.17) is 0 Å². The first kappa shape index (κ1) is 21.6. The molecule has 0 saturated carbocycles. The zero-order valence-corrected chi connectivity index (χ0v) is 14.3. The van der Waals surface area contributed by atoms with E-state index in [9.17, 15) is 30.6 Å². The van der Waals surface area contributed by atoms with Gasteiger partial charge in [0.1, 0.15) is 18.9 Å². The zero-order valence-electron chi connectivity index (χ0n) is 14.3. The van der Waals surface area contributed by atoms with Gasteiger partial charge in [-0.05, 0) is 21.1 Å². The fourth-order valence-corrected chi connectivity index (χ4v) is 3.34. The van der Waals surface area contributed by atoms with Crippen molar-refractivity contribution in [2.24, 2.45) is 0 Å². The molecule has 1 heterocycles. The molecule has 0 unspecified atom stereocenters. The van der Waals surface area contributed by atoms with Gasteiger partial charge in [0.05, 0.1) is 40.4 Å². The van der Waals surface area contributed by atoms with E-state index in [-0.39, 0.29) is 0 Å². The van der Waals surface area contributed by atoms with E-state index in [1.807, 2.05) is 0 Å². The van der Waals surface area contributed by atoms with Crippen molar-refractivity contribution in [3.63, 3.8) is 0 Å². The summed E-state index contributed by atoms with van der Waals surface area (Å²) in [5.41, 5.74) is 0. The van der Waals surface area contributed by atoms with Crippen LogP contribution in [-0.4, -0.2) is 140 Å². The van der Waals surface area contributed by atoms with Gasteiger partial charge in [-0.25, -0.2) is 29.4 Å².